The second kappa shape index (κ2) is 28.9. The molecule has 0 spiro atoms. The highest BCUT2D eigenvalue weighted by Crippen LogP contribution is 2.21. The summed E-state index contributed by atoms with van der Waals surface area (Å²) in [6, 6.07) is 18.6. The maximum atomic E-state index is 14.7. The molecule has 2 aliphatic heterocycles. The van der Waals surface area contributed by atoms with Gasteiger partial charge in [0.1, 0.15) is 36.3 Å². The van der Waals surface area contributed by atoms with Gasteiger partial charge in [-0.1, -0.05) is 111 Å². The molecule has 79 heavy (non-hydrogen) atoms. The summed E-state index contributed by atoms with van der Waals surface area (Å²) in [6.45, 7) is 4.52. The molecule has 4 heterocycles. The SMILES string of the molecule is CC[C@H](C)[C@H](NC(=O)C[C@H](O)[C@H](Cc1ccccc1)NC(=O)[C@H](Cc1cnc[nH]1)NC(=O)[C@H](Cc1ccccc1)NC(=O)[C@H]1CCCN1C(=O)[C@H](Cc1cnc[nH]1)NC(=O)[C@H]1CCCN1)C(=O)N[C@@H](Cc1ccccc1)C(N)=O. The summed E-state index contributed by atoms with van der Waals surface area (Å²) >= 11 is 0. The molecule has 3 aromatic carbocycles. The molecule has 10 atom stereocenters. The number of carbonyl (C=O) groups is 8. The summed E-state index contributed by atoms with van der Waals surface area (Å²) in [5.41, 5.74) is 8.96. The molecule has 0 saturated carbocycles. The summed E-state index contributed by atoms with van der Waals surface area (Å²) in [6.07, 6.45) is 6.73. The second-order valence-corrected chi connectivity index (χ2v) is 20.4. The van der Waals surface area contributed by atoms with E-state index in [2.05, 4.69) is 57.2 Å². The fourth-order valence-electron chi connectivity index (χ4n) is 9.96. The van der Waals surface area contributed by atoms with Crippen LogP contribution in [-0.4, -0.2) is 145 Å². The Morgan fingerprint density at radius 3 is 1.71 bits per heavy atom. The molecule has 2 aliphatic rings. The highest BCUT2D eigenvalue weighted by Gasteiger charge is 2.41. The van der Waals surface area contributed by atoms with Gasteiger partial charge in [0.25, 0.3) is 0 Å². The minimum absolute atomic E-state index is 0.000701. The van der Waals surface area contributed by atoms with E-state index in [1.807, 2.05) is 19.1 Å². The van der Waals surface area contributed by atoms with Crippen LogP contribution in [0.25, 0.3) is 0 Å². The van der Waals surface area contributed by atoms with Gasteiger partial charge in [0.2, 0.25) is 47.3 Å². The number of hydrogen-bond donors (Lipinski definition) is 11. The first-order valence-corrected chi connectivity index (χ1v) is 27.0. The molecule has 22 heteroatoms. The minimum Gasteiger partial charge on any atom is -0.390 e. The molecule has 2 fully saturated rings. The zero-order valence-electron chi connectivity index (χ0n) is 44.6. The highest BCUT2D eigenvalue weighted by atomic mass is 16.3. The third-order valence-corrected chi connectivity index (χ3v) is 14.6. The van der Waals surface area contributed by atoms with Gasteiger partial charge >= 0.3 is 0 Å². The van der Waals surface area contributed by atoms with Gasteiger partial charge in [-0.05, 0) is 61.3 Å². The van der Waals surface area contributed by atoms with E-state index in [4.69, 9.17) is 5.73 Å². The van der Waals surface area contributed by atoms with Crippen molar-refractivity contribution in [1.29, 1.82) is 0 Å². The average Bonchev–Trinajstić information content (AvgIpc) is 4.36. The summed E-state index contributed by atoms with van der Waals surface area (Å²) in [7, 11) is 0. The van der Waals surface area contributed by atoms with E-state index >= 15 is 0 Å². The number of aliphatic hydroxyl groups excluding tert-OH is 1. The number of nitrogens with two attached hydrogens (primary N) is 1. The van der Waals surface area contributed by atoms with E-state index in [9.17, 15) is 43.5 Å². The molecule has 0 radical (unpaired) electrons. The lowest BCUT2D eigenvalue weighted by molar-refractivity contribution is -0.142. The molecular weight excluding hydrogens is 1010 g/mol. The number of nitrogens with one attached hydrogen (secondary N) is 9. The number of hydrogen-bond acceptors (Lipinski definition) is 12. The molecule has 0 unspecified atom stereocenters. The van der Waals surface area contributed by atoms with Crippen molar-refractivity contribution in [1.82, 2.24) is 62.1 Å². The first kappa shape index (κ1) is 58.4. The van der Waals surface area contributed by atoms with Crippen LogP contribution in [0.1, 0.15) is 80.5 Å². The van der Waals surface area contributed by atoms with Crippen molar-refractivity contribution in [3.05, 3.63) is 144 Å². The maximum absolute atomic E-state index is 14.7. The number of likely N-dealkylation sites (tertiary alicyclic amines) is 1. The van der Waals surface area contributed by atoms with Gasteiger partial charge in [0.15, 0.2) is 0 Å². The number of carbonyl (C=O) groups excluding carboxylic acids is 8. The van der Waals surface area contributed by atoms with Crippen LogP contribution in [0.5, 0.6) is 0 Å². The zero-order valence-corrected chi connectivity index (χ0v) is 44.6. The van der Waals surface area contributed by atoms with Gasteiger partial charge in [-0.3, -0.25) is 38.4 Å². The van der Waals surface area contributed by atoms with Crippen molar-refractivity contribution in [2.24, 2.45) is 11.7 Å². The standard InChI is InChI=1S/C57H73N13O9/c1-3-35(2)50(56(78)65-43(51(58)73)26-37-17-9-5-10-18-37)69-49(72)30-48(71)42(25-36-15-7-4-8-16-36)64-54(76)45(28-39-31-59-33-62-39)66-53(75)44(27-38-19-11-6-12-20-38)67-55(77)47-22-14-24-70(47)57(79)46(29-40-32-60-34-63-40)68-52(74)41-21-13-23-61-41/h4-12,15-20,31-35,41-48,50,61,71H,3,13-14,21-30H2,1-2H3,(H2,58,73)(H,59,62)(H,60,63)(H,64,76)(H,65,78)(H,66,75)(H,67,77)(H,68,74)(H,69,72)/t35-,41+,42-,43-,44-,45-,46-,47+,48-,50-/m0/s1. The molecule has 5 aromatic rings. The Hall–Kier alpha value is -8.24. The molecule has 8 amide bonds. The van der Waals surface area contributed by atoms with E-state index < -0.39 is 108 Å². The van der Waals surface area contributed by atoms with Crippen LogP contribution in [0.15, 0.2) is 116 Å². The van der Waals surface area contributed by atoms with E-state index in [0.29, 0.717) is 48.3 Å². The molecule has 2 saturated heterocycles. The third kappa shape index (κ3) is 17.1. The summed E-state index contributed by atoms with van der Waals surface area (Å²) in [5, 5.41) is 32.0. The van der Waals surface area contributed by atoms with Crippen LogP contribution in [-0.2, 0) is 70.5 Å². The van der Waals surface area contributed by atoms with Gasteiger partial charge in [0, 0.05) is 56.0 Å². The van der Waals surface area contributed by atoms with Crippen LogP contribution in [0, 0.1) is 5.92 Å². The van der Waals surface area contributed by atoms with Crippen molar-refractivity contribution in [3.63, 3.8) is 0 Å². The van der Waals surface area contributed by atoms with Gasteiger partial charge in [-0.15, -0.1) is 0 Å². The van der Waals surface area contributed by atoms with Gasteiger partial charge < -0.3 is 62.9 Å². The predicted molar refractivity (Wildman–Crippen MR) is 292 cm³/mol. The molecule has 2 aromatic heterocycles. The van der Waals surface area contributed by atoms with Crippen LogP contribution < -0.4 is 43.0 Å². The van der Waals surface area contributed by atoms with Crippen molar-refractivity contribution in [2.45, 2.75) is 139 Å². The summed E-state index contributed by atoms with van der Waals surface area (Å²) in [4.78, 5) is 127. The smallest absolute Gasteiger partial charge is 0.246 e. The number of imidazole rings is 2. The predicted octanol–water partition coefficient (Wildman–Crippen LogP) is 0.580. The van der Waals surface area contributed by atoms with E-state index in [1.165, 1.54) is 23.8 Å². The van der Waals surface area contributed by atoms with Gasteiger partial charge in [0.05, 0.1) is 37.3 Å². The Kier molecular flexibility index (Phi) is 21.4. The third-order valence-electron chi connectivity index (χ3n) is 14.6. The number of amides is 8. The number of H-pyrrole nitrogens is 2. The fourth-order valence-corrected chi connectivity index (χ4v) is 9.96. The van der Waals surface area contributed by atoms with E-state index in [1.54, 1.807) is 92.0 Å². The zero-order chi connectivity index (χ0) is 56.3. The maximum Gasteiger partial charge on any atom is 0.246 e. The Bertz CT molecular complexity index is 2780. The van der Waals surface area contributed by atoms with Crippen LogP contribution >= 0.6 is 0 Å². The summed E-state index contributed by atoms with van der Waals surface area (Å²) in [5.74, 6) is -5.33. The van der Waals surface area contributed by atoms with Crippen LogP contribution in [0.4, 0.5) is 0 Å². The summed E-state index contributed by atoms with van der Waals surface area (Å²) < 4.78 is 0. The van der Waals surface area contributed by atoms with Crippen molar-refractivity contribution in [2.75, 3.05) is 13.1 Å². The molecule has 420 valence electrons. The van der Waals surface area contributed by atoms with Gasteiger partial charge in [-0.25, -0.2) is 9.97 Å². The van der Waals surface area contributed by atoms with Crippen LogP contribution in [0.2, 0.25) is 0 Å². The molecule has 0 bridgehead atoms. The number of aromatic amines is 2. The molecule has 12 N–H and O–H groups in total. The number of benzene rings is 3. The fraction of sp³-hybridized carbons (Fsp3) is 0.439. The second-order valence-electron chi connectivity index (χ2n) is 20.4. The number of aliphatic hydroxyl groups is 1. The number of primary amides is 1. The van der Waals surface area contributed by atoms with E-state index in [0.717, 1.165) is 12.0 Å². The normalized spacial score (nSPS) is 18.1. The molecule has 7 rings (SSSR count). The quantitative estimate of drug-likeness (QED) is 0.0328. The van der Waals surface area contributed by atoms with Crippen LogP contribution in [0.3, 0.4) is 0 Å². The lowest BCUT2D eigenvalue weighted by atomic mass is 9.95. The lowest BCUT2D eigenvalue weighted by Gasteiger charge is -2.31. The number of aromatic nitrogens is 4. The Morgan fingerprint density at radius 1 is 0.633 bits per heavy atom. The van der Waals surface area contributed by atoms with Crippen molar-refractivity contribution < 1.29 is 43.5 Å². The Labute approximate surface area is 459 Å². The molecule has 22 nitrogen and oxygen atoms in total. The topological polar surface area (TPSA) is 328 Å². The molecule has 0 aliphatic carbocycles. The van der Waals surface area contributed by atoms with E-state index in [-0.39, 0.29) is 51.0 Å². The van der Waals surface area contributed by atoms with Gasteiger partial charge in [-0.2, -0.15) is 0 Å². The highest BCUT2D eigenvalue weighted by molar-refractivity contribution is 5.97. The first-order valence-electron chi connectivity index (χ1n) is 27.0. The minimum atomic E-state index is -1.53. The Morgan fingerprint density at radius 2 is 1.16 bits per heavy atom. The monoisotopic (exact) mass is 1080 g/mol. The first-order chi connectivity index (χ1) is 38.1. The molecular formula is C57H73N13O9. The number of rotatable bonds is 28. The largest absolute Gasteiger partial charge is 0.390 e. The lowest BCUT2D eigenvalue weighted by Crippen LogP contribution is -2.60. The van der Waals surface area contributed by atoms with Crippen molar-refractivity contribution >= 4 is 47.3 Å². The van der Waals surface area contributed by atoms with Crippen molar-refractivity contribution in [3.8, 4) is 0 Å². The number of nitrogens with zero attached hydrogens (tertiary/aromatic N) is 3. The Balaban J connectivity index is 1.08. The average molecular weight is 1080 g/mol.